The van der Waals surface area contributed by atoms with Crippen LogP contribution in [-0.2, 0) is 16.1 Å². The number of carbonyl (C=O) groups is 1. The summed E-state index contributed by atoms with van der Waals surface area (Å²) in [5, 5.41) is 10.8. The highest BCUT2D eigenvalue weighted by Crippen LogP contribution is 2.36. The van der Waals surface area contributed by atoms with Gasteiger partial charge in [0.05, 0.1) is 12.3 Å². The van der Waals surface area contributed by atoms with E-state index in [2.05, 4.69) is 16.1 Å². The van der Waals surface area contributed by atoms with Gasteiger partial charge in [-0.25, -0.2) is 14.6 Å². The van der Waals surface area contributed by atoms with Crippen LogP contribution in [0.1, 0.15) is 50.2 Å². The first kappa shape index (κ1) is 21.5. The van der Waals surface area contributed by atoms with Crippen LogP contribution in [0.3, 0.4) is 0 Å². The number of carbonyl (C=O) groups excluding carboxylic acids is 1. The second-order valence-electron chi connectivity index (χ2n) is 7.76. The quantitative estimate of drug-likeness (QED) is 0.534. The maximum absolute atomic E-state index is 12.6. The summed E-state index contributed by atoms with van der Waals surface area (Å²) in [7, 11) is 0. The number of hydrogen-bond acceptors (Lipinski definition) is 6. The van der Waals surface area contributed by atoms with Gasteiger partial charge in [0.2, 0.25) is 5.88 Å². The monoisotopic (exact) mass is 435 g/mol. The van der Waals surface area contributed by atoms with Crippen LogP contribution in [0.5, 0.6) is 5.88 Å². The van der Waals surface area contributed by atoms with E-state index in [9.17, 15) is 19.5 Å². The average Bonchev–Trinajstić information content (AvgIpc) is 3.16. The lowest BCUT2D eigenvalue weighted by atomic mass is 9.97. The van der Waals surface area contributed by atoms with Crippen LogP contribution in [0.15, 0.2) is 50.5 Å². The average molecular weight is 435 g/mol. The topological polar surface area (TPSA) is 114 Å². The van der Waals surface area contributed by atoms with Crippen molar-refractivity contribution in [1.82, 2.24) is 9.55 Å². The molecule has 0 saturated carbocycles. The molecule has 0 radical (unpaired) electrons. The first-order chi connectivity index (χ1) is 15.5. The van der Waals surface area contributed by atoms with E-state index in [1.54, 1.807) is 31.2 Å². The van der Waals surface area contributed by atoms with Gasteiger partial charge in [-0.05, 0) is 51.2 Å². The van der Waals surface area contributed by atoms with Gasteiger partial charge < -0.3 is 9.84 Å². The van der Waals surface area contributed by atoms with Crippen LogP contribution >= 0.6 is 0 Å². The lowest BCUT2D eigenvalue weighted by Gasteiger charge is -2.15. The summed E-state index contributed by atoms with van der Waals surface area (Å²) < 4.78 is 6.27. The van der Waals surface area contributed by atoms with E-state index in [1.807, 2.05) is 0 Å². The molecule has 1 aromatic heterocycles. The number of hydrogen-bond donors (Lipinski definition) is 2. The zero-order valence-electron chi connectivity index (χ0n) is 17.9. The van der Waals surface area contributed by atoms with Crippen molar-refractivity contribution in [1.29, 1.82) is 0 Å². The number of nitrogens with one attached hydrogen (secondary N) is 1. The predicted molar refractivity (Wildman–Crippen MR) is 122 cm³/mol. The summed E-state index contributed by atoms with van der Waals surface area (Å²) in [4.78, 5) is 44.1. The third kappa shape index (κ3) is 4.21. The predicted octanol–water partition coefficient (Wildman–Crippen LogP) is 3.32. The molecule has 0 amide bonds. The standard InChI is InChI=1S/C24H25N3O5/c1-2-32-23(30)20-17(16-10-6-7-11-19(16)25-20)14-18-21(28)26-24(31)27(22(18)29)13-12-15-8-4-3-5-9-15/h6-8,10-11,14,29H,2-5,9,12-13H2,1H3,(H,26,28,31)/b17-14+. The van der Waals surface area contributed by atoms with Crippen molar-refractivity contribution in [2.75, 3.05) is 6.61 Å². The van der Waals surface area contributed by atoms with Crippen molar-refractivity contribution >= 4 is 29.0 Å². The maximum Gasteiger partial charge on any atom is 0.357 e. The Hall–Kier alpha value is -3.68. The summed E-state index contributed by atoms with van der Waals surface area (Å²) in [6.45, 7) is 2.12. The zero-order valence-corrected chi connectivity index (χ0v) is 17.9. The molecule has 4 rings (SSSR count). The minimum atomic E-state index is -0.735. The largest absolute Gasteiger partial charge is 0.494 e. The van der Waals surface area contributed by atoms with Gasteiger partial charge in [-0.15, -0.1) is 0 Å². The van der Waals surface area contributed by atoms with Crippen molar-refractivity contribution in [2.45, 2.75) is 45.6 Å². The van der Waals surface area contributed by atoms with Crippen molar-refractivity contribution in [2.24, 2.45) is 4.99 Å². The van der Waals surface area contributed by atoms with Crippen molar-refractivity contribution in [3.05, 3.63) is 67.9 Å². The summed E-state index contributed by atoms with van der Waals surface area (Å²) in [5.74, 6) is -1.06. The number of aromatic nitrogens is 2. The van der Waals surface area contributed by atoms with Gasteiger partial charge in [-0.3, -0.25) is 14.3 Å². The highest BCUT2D eigenvalue weighted by atomic mass is 16.5. The molecule has 0 atom stereocenters. The smallest absolute Gasteiger partial charge is 0.357 e. The lowest BCUT2D eigenvalue weighted by molar-refractivity contribution is -0.134. The molecule has 2 aromatic rings. The van der Waals surface area contributed by atoms with Gasteiger partial charge >= 0.3 is 11.7 Å². The first-order valence-corrected chi connectivity index (χ1v) is 10.8. The van der Waals surface area contributed by atoms with Gasteiger partial charge in [0.15, 0.2) is 5.71 Å². The molecule has 166 valence electrons. The number of nitrogens with zero attached hydrogens (tertiary/aromatic N) is 2. The van der Waals surface area contributed by atoms with Crippen molar-refractivity contribution in [3.8, 4) is 5.88 Å². The molecule has 1 aromatic carbocycles. The number of rotatable bonds is 6. The summed E-state index contributed by atoms with van der Waals surface area (Å²) >= 11 is 0. The fraction of sp³-hybridized carbons (Fsp3) is 0.333. The molecule has 8 heteroatoms. The molecule has 2 N–H and O–H groups in total. The fourth-order valence-electron chi connectivity index (χ4n) is 4.05. The lowest BCUT2D eigenvalue weighted by Crippen LogP contribution is -2.31. The maximum atomic E-state index is 12.6. The minimum Gasteiger partial charge on any atom is -0.494 e. The number of benzene rings is 1. The number of ether oxygens (including phenoxy) is 1. The molecule has 8 nitrogen and oxygen atoms in total. The second kappa shape index (κ2) is 9.21. The van der Waals surface area contributed by atoms with Gasteiger partial charge in [0.25, 0.3) is 5.56 Å². The number of para-hydroxylation sites is 1. The van der Waals surface area contributed by atoms with E-state index in [0.29, 0.717) is 23.2 Å². The van der Waals surface area contributed by atoms with Gasteiger partial charge in [-0.2, -0.15) is 0 Å². The van der Waals surface area contributed by atoms with Crippen LogP contribution < -0.4 is 11.2 Å². The van der Waals surface area contributed by atoms with Gasteiger partial charge in [-0.1, -0.05) is 29.8 Å². The number of fused-ring (bicyclic) bond motifs is 1. The Kier molecular flexibility index (Phi) is 6.20. The Labute approximate surface area is 184 Å². The number of allylic oxidation sites excluding steroid dienone is 2. The molecule has 1 aliphatic heterocycles. The Morgan fingerprint density at radius 1 is 1.28 bits per heavy atom. The highest BCUT2D eigenvalue weighted by Gasteiger charge is 2.28. The summed E-state index contributed by atoms with van der Waals surface area (Å²) in [6.07, 6.45) is 8.47. The summed E-state index contributed by atoms with van der Waals surface area (Å²) in [6, 6.07) is 7.10. The second-order valence-corrected chi connectivity index (χ2v) is 7.76. The van der Waals surface area contributed by atoms with E-state index in [0.717, 1.165) is 30.3 Å². The van der Waals surface area contributed by atoms with Crippen LogP contribution in [0.4, 0.5) is 5.69 Å². The normalized spacial score (nSPS) is 16.5. The van der Waals surface area contributed by atoms with Crippen molar-refractivity contribution < 1.29 is 14.6 Å². The van der Waals surface area contributed by atoms with Gasteiger partial charge in [0.1, 0.15) is 5.56 Å². The van der Waals surface area contributed by atoms with E-state index >= 15 is 0 Å². The zero-order chi connectivity index (χ0) is 22.7. The van der Waals surface area contributed by atoms with Crippen LogP contribution in [-0.4, -0.2) is 32.9 Å². The van der Waals surface area contributed by atoms with E-state index in [1.165, 1.54) is 11.6 Å². The molecule has 32 heavy (non-hydrogen) atoms. The SMILES string of the molecule is CCOC(=O)C1=Nc2ccccc2/C1=C\c1c(O)n(CCC2=CCCCC2)c(=O)[nH]c1=O. The molecular weight excluding hydrogens is 410 g/mol. The molecule has 0 spiro atoms. The molecule has 2 aliphatic rings. The fourth-order valence-corrected chi connectivity index (χ4v) is 4.05. The molecular formula is C24H25N3O5. The van der Waals surface area contributed by atoms with Crippen LogP contribution in [0.25, 0.3) is 11.6 Å². The number of esters is 1. The van der Waals surface area contributed by atoms with E-state index in [-0.39, 0.29) is 24.4 Å². The number of aromatic amines is 1. The number of aliphatic imine (C=N–C) groups is 1. The van der Waals surface area contributed by atoms with Crippen LogP contribution in [0.2, 0.25) is 0 Å². The van der Waals surface area contributed by atoms with E-state index in [4.69, 9.17) is 4.74 Å². The molecule has 0 fully saturated rings. The molecule has 0 bridgehead atoms. The molecule has 1 aliphatic carbocycles. The Morgan fingerprint density at radius 2 is 2.09 bits per heavy atom. The highest BCUT2D eigenvalue weighted by molar-refractivity contribution is 6.58. The summed E-state index contributed by atoms with van der Waals surface area (Å²) in [5.41, 5.74) is 1.35. The minimum absolute atomic E-state index is 0.0527. The first-order valence-electron chi connectivity index (χ1n) is 10.8. The molecule has 2 heterocycles. The Balaban J connectivity index is 1.76. The third-order valence-electron chi connectivity index (χ3n) is 5.69. The molecule has 0 unspecified atom stereocenters. The van der Waals surface area contributed by atoms with Crippen LogP contribution in [0, 0.1) is 0 Å². The number of aromatic hydroxyl groups is 1. The molecule has 0 saturated heterocycles. The van der Waals surface area contributed by atoms with E-state index < -0.39 is 23.1 Å². The number of H-pyrrole nitrogens is 1. The Bertz CT molecular complexity index is 1260. The van der Waals surface area contributed by atoms with Crippen molar-refractivity contribution in [3.63, 3.8) is 0 Å². The third-order valence-corrected chi connectivity index (χ3v) is 5.69. The van der Waals surface area contributed by atoms with Gasteiger partial charge in [0, 0.05) is 17.7 Å². The Morgan fingerprint density at radius 3 is 2.84 bits per heavy atom.